The number of hydrogen-bond donors (Lipinski definition) is 0. The number of carbonyl (C=O) groups excluding carboxylic acids is 1. The first-order valence-corrected chi connectivity index (χ1v) is 8.90. The van der Waals surface area contributed by atoms with Gasteiger partial charge in [-0.2, -0.15) is 4.99 Å². The molecule has 7 heteroatoms. The molecule has 0 unspecified atom stereocenters. The lowest BCUT2D eigenvalue weighted by atomic mass is 10.1. The molecule has 136 valence electrons. The van der Waals surface area contributed by atoms with Crippen LogP contribution in [0.1, 0.15) is 5.56 Å². The number of methoxy groups -OCH3 is 2. The number of carbonyl (C=O) groups is 1. The Morgan fingerprint density at radius 2 is 1.96 bits per heavy atom. The summed E-state index contributed by atoms with van der Waals surface area (Å²) in [6.45, 7) is 1.01. The highest BCUT2D eigenvalue weighted by Gasteiger charge is 2.09. The monoisotopic (exact) mass is 374 g/mol. The van der Waals surface area contributed by atoms with Gasteiger partial charge in [-0.15, -0.1) is 0 Å². The number of fused-ring (bicyclic) bond motifs is 1. The Morgan fingerprint density at radius 1 is 1.19 bits per heavy atom. The van der Waals surface area contributed by atoms with Crippen molar-refractivity contribution in [2.75, 3.05) is 20.8 Å². The maximum Gasteiger partial charge on any atom is 0.252 e. The van der Waals surface area contributed by atoms with Crippen molar-refractivity contribution in [2.45, 2.75) is 13.0 Å². The second-order valence-corrected chi connectivity index (χ2v) is 6.68. The summed E-state index contributed by atoms with van der Waals surface area (Å²) < 4.78 is 26.4. The van der Waals surface area contributed by atoms with Gasteiger partial charge in [-0.05, 0) is 35.9 Å². The van der Waals surface area contributed by atoms with E-state index in [1.807, 2.05) is 28.8 Å². The first-order valence-electron chi connectivity index (χ1n) is 8.09. The summed E-state index contributed by atoms with van der Waals surface area (Å²) >= 11 is 1.29. The molecule has 1 heterocycles. The van der Waals surface area contributed by atoms with Gasteiger partial charge in [0.05, 0.1) is 30.4 Å². The first kappa shape index (κ1) is 18.3. The second-order valence-electron chi connectivity index (χ2n) is 5.67. The predicted octanol–water partition coefficient (Wildman–Crippen LogP) is 3.17. The molecular formula is C19H19FN2O3S. The molecule has 26 heavy (non-hydrogen) atoms. The maximum atomic E-state index is 13.5. The average Bonchev–Trinajstić information content (AvgIpc) is 2.96. The molecule has 2 aromatic carbocycles. The minimum atomic E-state index is -0.311. The molecule has 0 aliphatic carbocycles. The highest BCUT2D eigenvalue weighted by atomic mass is 32.1. The summed E-state index contributed by atoms with van der Waals surface area (Å²) in [5.41, 5.74) is 1.69. The molecule has 3 rings (SSSR count). The summed E-state index contributed by atoms with van der Waals surface area (Å²) in [5.74, 6) is 0.171. The van der Waals surface area contributed by atoms with Crippen molar-refractivity contribution in [3.63, 3.8) is 0 Å². The smallest absolute Gasteiger partial charge is 0.252 e. The van der Waals surface area contributed by atoms with Crippen LogP contribution in [-0.2, 0) is 22.5 Å². The third-order valence-electron chi connectivity index (χ3n) is 3.90. The standard InChI is InChI=1S/C19H19FN2O3S/c1-24-10-9-22-16-8-5-14(20)12-17(16)26-19(22)21-18(23)11-13-3-6-15(25-2)7-4-13/h3-8,12H,9-11H2,1-2H3. The predicted molar refractivity (Wildman–Crippen MR) is 98.9 cm³/mol. The molecular weight excluding hydrogens is 355 g/mol. The summed E-state index contributed by atoms with van der Waals surface area (Å²) in [5, 5.41) is 0. The van der Waals surface area contributed by atoms with Gasteiger partial charge in [-0.3, -0.25) is 4.79 Å². The molecule has 0 aliphatic heterocycles. The molecule has 0 spiro atoms. The molecule has 3 aromatic rings. The molecule has 5 nitrogen and oxygen atoms in total. The van der Waals surface area contributed by atoms with Gasteiger partial charge in [0.25, 0.3) is 5.91 Å². The summed E-state index contributed by atoms with van der Waals surface area (Å²) in [6.07, 6.45) is 0.191. The fraction of sp³-hybridized carbons (Fsp3) is 0.263. The zero-order chi connectivity index (χ0) is 18.5. The number of aromatic nitrogens is 1. The van der Waals surface area contributed by atoms with Gasteiger partial charge < -0.3 is 14.0 Å². The average molecular weight is 374 g/mol. The first-order chi connectivity index (χ1) is 12.6. The number of hydrogen-bond acceptors (Lipinski definition) is 4. The van der Waals surface area contributed by atoms with Crippen LogP contribution in [0, 0.1) is 5.82 Å². The van der Waals surface area contributed by atoms with E-state index >= 15 is 0 Å². The quantitative estimate of drug-likeness (QED) is 0.666. The lowest BCUT2D eigenvalue weighted by Gasteiger charge is -2.04. The molecule has 1 aromatic heterocycles. The van der Waals surface area contributed by atoms with E-state index in [2.05, 4.69) is 4.99 Å². The topological polar surface area (TPSA) is 52.8 Å². The largest absolute Gasteiger partial charge is 0.497 e. The zero-order valence-corrected chi connectivity index (χ0v) is 15.4. The van der Waals surface area contributed by atoms with Gasteiger partial charge in [0.1, 0.15) is 11.6 Å². The Bertz CT molecular complexity index is 977. The maximum absolute atomic E-state index is 13.5. The zero-order valence-electron chi connectivity index (χ0n) is 14.6. The summed E-state index contributed by atoms with van der Waals surface area (Å²) in [4.78, 5) is 17.2. The van der Waals surface area contributed by atoms with Crippen LogP contribution in [0.3, 0.4) is 0 Å². The van der Waals surface area contributed by atoms with Gasteiger partial charge in [0, 0.05) is 13.7 Å². The number of thiazole rings is 1. The van der Waals surface area contributed by atoms with Crippen LogP contribution in [0.2, 0.25) is 0 Å². The Balaban J connectivity index is 1.92. The van der Waals surface area contributed by atoms with Crippen LogP contribution < -0.4 is 9.54 Å². The molecule has 0 aliphatic rings. The van der Waals surface area contributed by atoms with E-state index in [0.29, 0.717) is 18.0 Å². The number of ether oxygens (including phenoxy) is 2. The van der Waals surface area contributed by atoms with Crippen molar-refractivity contribution in [3.8, 4) is 5.75 Å². The van der Waals surface area contributed by atoms with E-state index in [1.54, 1.807) is 20.3 Å². The lowest BCUT2D eigenvalue weighted by molar-refractivity contribution is -0.117. The van der Waals surface area contributed by atoms with Crippen LogP contribution in [0.4, 0.5) is 4.39 Å². The normalized spacial score (nSPS) is 11.9. The second kappa shape index (κ2) is 8.25. The SMILES string of the molecule is COCCn1c(=NC(=O)Cc2ccc(OC)cc2)sc2cc(F)ccc21. The van der Waals surface area contributed by atoms with Gasteiger partial charge in [0.15, 0.2) is 4.80 Å². The van der Waals surface area contributed by atoms with Crippen LogP contribution in [0.15, 0.2) is 47.5 Å². The Kier molecular flexibility index (Phi) is 5.80. The Morgan fingerprint density at radius 3 is 2.65 bits per heavy atom. The molecule has 0 atom stereocenters. The fourth-order valence-corrected chi connectivity index (χ4v) is 3.69. The van der Waals surface area contributed by atoms with Gasteiger partial charge >= 0.3 is 0 Å². The number of nitrogens with zero attached hydrogens (tertiary/aromatic N) is 2. The molecule has 0 fully saturated rings. The summed E-state index contributed by atoms with van der Waals surface area (Å²) in [6, 6.07) is 11.9. The Labute approximate surface area is 154 Å². The molecule has 0 saturated heterocycles. The van der Waals surface area contributed by atoms with Crippen molar-refractivity contribution in [3.05, 3.63) is 58.6 Å². The molecule has 0 saturated carbocycles. The molecule has 0 N–H and O–H groups in total. The number of amides is 1. The minimum absolute atomic E-state index is 0.191. The van der Waals surface area contributed by atoms with Crippen LogP contribution in [-0.4, -0.2) is 31.3 Å². The van der Waals surface area contributed by atoms with Crippen LogP contribution in [0.5, 0.6) is 5.75 Å². The molecule has 0 bridgehead atoms. The fourth-order valence-electron chi connectivity index (χ4n) is 2.60. The van der Waals surface area contributed by atoms with Gasteiger partial charge in [0.2, 0.25) is 0 Å². The van der Waals surface area contributed by atoms with E-state index in [0.717, 1.165) is 21.5 Å². The number of rotatable bonds is 6. The molecule has 1 amide bonds. The highest BCUT2D eigenvalue weighted by molar-refractivity contribution is 7.16. The van der Waals surface area contributed by atoms with Crippen molar-refractivity contribution < 1.29 is 18.7 Å². The highest BCUT2D eigenvalue weighted by Crippen LogP contribution is 2.19. The van der Waals surface area contributed by atoms with Crippen LogP contribution >= 0.6 is 11.3 Å². The van der Waals surface area contributed by atoms with E-state index in [4.69, 9.17) is 9.47 Å². The van der Waals surface area contributed by atoms with Gasteiger partial charge in [-0.1, -0.05) is 23.5 Å². The van der Waals surface area contributed by atoms with E-state index in [1.165, 1.54) is 23.5 Å². The minimum Gasteiger partial charge on any atom is -0.497 e. The lowest BCUT2D eigenvalue weighted by Crippen LogP contribution is -2.19. The number of benzene rings is 2. The van der Waals surface area contributed by atoms with E-state index in [-0.39, 0.29) is 18.1 Å². The summed E-state index contributed by atoms with van der Waals surface area (Å²) in [7, 11) is 3.21. The molecule has 0 radical (unpaired) electrons. The van der Waals surface area contributed by atoms with Crippen molar-refractivity contribution in [1.82, 2.24) is 4.57 Å². The van der Waals surface area contributed by atoms with Crippen molar-refractivity contribution >= 4 is 27.5 Å². The third kappa shape index (κ3) is 4.17. The van der Waals surface area contributed by atoms with Crippen molar-refractivity contribution in [2.24, 2.45) is 4.99 Å². The van der Waals surface area contributed by atoms with Crippen molar-refractivity contribution in [1.29, 1.82) is 0 Å². The van der Waals surface area contributed by atoms with Gasteiger partial charge in [-0.25, -0.2) is 4.39 Å². The van der Waals surface area contributed by atoms with Crippen LogP contribution in [0.25, 0.3) is 10.2 Å². The third-order valence-corrected chi connectivity index (χ3v) is 4.94. The van der Waals surface area contributed by atoms with E-state index < -0.39 is 0 Å². The Hall–Kier alpha value is -2.51. The number of halogens is 1. The van der Waals surface area contributed by atoms with E-state index in [9.17, 15) is 9.18 Å².